The van der Waals surface area contributed by atoms with Gasteiger partial charge in [-0.3, -0.25) is 0 Å². The van der Waals surface area contributed by atoms with Gasteiger partial charge in [0.05, 0.1) is 4.47 Å². The van der Waals surface area contributed by atoms with E-state index in [-0.39, 0.29) is 11.9 Å². The number of nitrogens with one attached hydrogen (secondary N) is 1. The van der Waals surface area contributed by atoms with Crippen molar-refractivity contribution in [3.8, 4) is 0 Å². The molecule has 0 fully saturated rings. The van der Waals surface area contributed by atoms with Crippen LogP contribution in [0, 0.1) is 12.7 Å². The summed E-state index contributed by atoms with van der Waals surface area (Å²) in [6, 6.07) is 11.1. The summed E-state index contributed by atoms with van der Waals surface area (Å²) < 4.78 is 14.1. The van der Waals surface area contributed by atoms with Gasteiger partial charge in [-0.1, -0.05) is 41.9 Å². The molecule has 1 unspecified atom stereocenters. The second-order valence-electron chi connectivity index (χ2n) is 4.74. The summed E-state index contributed by atoms with van der Waals surface area (Å²) in [6.07, 6.45) is 0.665. The van der Waals surface area contributed by atoms with Gasteiger partial charge in [0.15, 0.2) is 0 Å². The Morgan fingerprint density at radius 2 is 1.95 bits per heavy atom. The first-order chi connectivity index (χ1) is 9.54. The molecule has 0 aliphatic heterocycles. The molecule has 0 saturated heterocycles. The average Bonchev–Trinajstić information content (AvgIpc) is 2.44. The van der Waals surface area contributed by atoms with Gasteiger partial charge in [0.2, 0.25) is 0 Å². The number of benzene rings is 2. The van der Waals surface area contributed by atoms with Crippen LogP contribution in [0.4, 0.5) is 4.39 Å². The third kappa shape index (κ3) is 3.22. The van der Waals surface area contributed by atoms with Gasteiger partial charge < -0.3 is 5.32 Å². The number of rotatable bonds is 4. The molecule has 2 rings (SSSR count). The van der Waals surface area contributed by atoms with E-state index >= 15 is 0 Å². The van der Waals surface area contributed by atoms with Crippen LogP contribution in [0.2, 0.25) is 5.02 Å². The molecule has 2 aromatic rings. The van der Waals surface area contributed by atoms with Crippen molar-refractivity contribution < 1.29 is 4.39 Å². The lowest BCUT2D eigenvalue weighted by molar-refractivity contribution is 0.580. The smallest absolute Gasteiger partial charge is 0.137 e. The fourth-order valence-electron chi connectivity index (χ4n) is 2.23. The minimum atomic E-state index is -0.243. The molecule has 0 aliphatic carbocycles. The summed E-state index contributed by atoms with van der Waals surface area (Å²) in [5.74, 6) is -0.243. The van der Waals surface area contributed by atoms with E-state index in [9.17, 15) is 4.39 Å². The van der Waals surface area contributed by atoms with Crippen LogP contribution >= 0.6 is 27.5 Å². The summed E-state index contributed by atoms with van der Waals surface area (Å²) in [5.41, 5.74) is 3.00. The Bertz CT molecular complexity index is 615. The molecule has 0 amide bonds. The van der Waals surface area contributed by atoms with Crippen molar-refractivity contribution in [2.24, 2.45) is 0 Å². The van der Waals surface area contributed by atoms with Crippen LogP contribution in [0.15, 0.2) is 40.9 Å². The Morgan fingerprint density at radius 3 is 2.65 bits per heavy atom. The average molecular weight is 357 g/mol. The molecule has 0 saturated carbocycles. The molecule has 0 bridgehead atoms. The molecule has 0 spiro atoms. The van der Waals surface area contributed by atoms with Crippen molar-refractivity contribution in [3.05, 3.63) is 68.4 Å². The normalized spacial score (nSPS) is 12.4. The second kappa shape index (κ2) is 6.70. The Kier molecular flexibility index (Phi) is 5.19. The standard InChI is InChI=1S/C16H16BrClFN/c1-10-5-3-7-12(16(10)18)14(20-2)9-11-6-4-8-13(19)15(11)17/h3-8,14,20H,9H2,1-2H3. The third-order valence-electron chi connectivity index (χ3n) is 3.40. The molecular weight excluding hydrogens is 341 g/mol. The zero-order chi connectivity index (χ0) is 14.7. The van der Waals surface area contributed by atoms with Crippen molar-refractivity contribution in [2.75, 3.05) is 7.05 Å². The quantitative estimate of drug-likeness (QED) is 0.808. The molecule has 1 nitrogen and oxygen atoms in total. The topological polar surface area (TPSA) is 12.0 Å². The van der Waals surface area contributed by atoms with Crippen LogP contribution in [-0.2, 0) is 6.42 Å². The van der Waals surface area contributed by atoms with Gasteiger partial charge in [0.25, 0.3) is 0 Å². The first kappa shape index (κ1) is 15.5. The van der Waals surface area contributed by atoms with Crippen LogP contribution < -0.4 is 5.32 Å². The van der Waals surface area contributed by atoms with Gasteiger partial charge in [-0.15, -0.1) is 0 Å². The molecular formula is C16H16BrClFN. The number of halogens is 3. The maximum absolute atomic E-state index is 13.6. The monoisotopic (exact) mass is 355 g/mol. The van der Waals surface area contributed by atoms with Crippen LogP contribution in [0.1, 0.15) is 22.7 Å². The number of likely N-dealkylation sites (N-methyl/N-ethyl adjacent to an activating group) is 1. The Hall–Kier alpha value is -0.900. The maximum Gasteiger partial charge on any atom is 0.137 e. The molecule has 1 N–H and O–H groups in total. The fraction of sp³-hybridized carbons (Fsp3) is 0.250. The summed E-state index contributed by atoms with van der Waals surface area (Å²) in [5, 5.41) is 4.02. The Labute approximate surface area is 132 Å². The first-order valence-electron chi connectivity index (χ1n) is 6.39. The van der Waals surface area contributed by atoms with Crippen LogP contribution in [-0.4, -0.2) is 7.05 Å². The molecule has 0 aromatic heterocycles. The van der Waals surface area contributed by atoms with E-state index in [1.165, 1.54) is 6.07 Å². The maximum atomic E-state index is 13.6. The SMILES string of the molecule is CNC(Cc1cccc(F)c1Br)c1cccc(C)c1Cl. The minimum absolute atomic E-state index is 0.0421. The highest BCUT2D eigenvalue weighted by atomic mass is 79.9. The number of hydrogen-bond acceptors (Lipinski definition) is 1. The molecule has 106 valence electrons. The predicted molar refractivity (Wildman–Crippen MR) is 85.8 cm³/mol. The predicted octanol–water partition coefficient (Wildman–Crippen LogP) is 5.05. The molecule has 0 heterocycles. The van der Waals surface area contributed by atoms with Crippen molar-refractivity contribution in [1.29, 1.82) is 0 Å². The summed E-state index contributed by atoms with van der Waals surface area (Å²) in [4.78, 5) is 0. The lowest BCUT2D eigenvalue weighted by Crippen LogP contribution is -2.19. The highest BCUT2D eigenvalue weighted by molar-refractivity contribution is 9.10. The molecule has 1 atom stereocenters. The first-order valence-corrected chi connectivity index (χ1v) is 7.57. The molecule has 20 heavy (non-hydrogen) atoms. The van der Waals surface area contributed by atoms with Gasteiger partial charge in [-0.25, -0.2) is 4.39 Å². The van der Waals surface area contributed by atoms with E-state index in [1.807, 2.05) is 38.2 Å². The number of aryl methyl sites for hydroxylation is 1. The molecule has 4 heteroatoms. The van der Waals surface area contributed by atoms with Crippen LogP contribution in [0.25, 0.3) is 0 Å². The molecule has 0 radical (unpaired) electrons. The Balaban J connectivity index is 2.34. The summed E-state index contributed by atoms with van der Waals surface area (Å²) in [7, 11) is 1.89. The highest BCUT2D eigenvalue weighted by Crippen LogP contribution is 2.30. The van der Waals surface area contributed by atoms with E-state index in [4.69, 9.17) is 11.6 Å². The zero-order valence-electron chi connectivity index (χ0n) is 11.4. The van der Waals surface area contributed by atoms with Gasteiger partial charge in [0, 0.05) is 11.1 Å². The van der Waals surface area contributed by atoms with E-state index < -0.39 is 0 Å². The largest absolute Gasteiger partial charge is 0.313 e. The van der Waals surface area contributed by atoms with E-state index in [1.54, 1.807) is 6.07 Å². The van der Waals surface area contributed by atoms with E-state index in [2.05, 4.69) is 21.2 Å². The Morgan fingerprint density at radius 1 is 1.25 bits per heavy atom. The van der Waals surface area contributed by atoms with E-state index in [0.29, 0.717) is 10.9 Å². The van der Waals surface area contributed by atoms with Gasteiger partial charge in [-0.2, -0.15) is 0 Å². The van der Waals surface area contributed by atoms with Gasteiger partial charge >= 0.3 is 0 Å². The summed E-state index contributed by atoms with van der Waals surface area (Å²) in [6.45, 7) is 1.98. The minimum Gasteiger partial charge on any atom is -0.313 e. The third-order valence-corrected chi connectivity index (χ3v) is 4.81. The van der Waals surface area contributed by atoms with Gasteiger partial charge in [-0.05, 0) is 59.1 Å². The second-order valence-corrected chi connectivity index (χ2v) is 5.91. The van der Waals surface area contributed by atoms with Gasteiger partial charge in [0.1, 0.15) is 5.82 Å². The van der Waals surface area contributed by atoms with Crippen molar-refractivity contribution in [3.63, 3.8) is 0 Å². The summed E-state index contributed by atoms with van der Waals surface area (Å²) >= 11 is 9.69. The lowest BCUT2D eigenvalue weighted by atomic mass is 9.97. The lowest BCUT2D eigenvalue weighted by Gasteiger charge is -2.20. The zero-order valence-corrected chi connectivity index (χ0v) is 13.7. The van der Waals surface area contributed by atoms with Crippen molar-refractivity contribution in [2.45, 2.75) is 19.4 Å². The fourth-order valence-corrected chi connectivity index (χ4v) is 2.92. The molecule has 2 aromatic carbocycles. The van der Waals surface area contributed by atoms with E-state index in [0.717, 1.165) is 21.7 Å². The van der Waals surface area contributed by atoms with Crippen LogP contribution in [0.5, 0.6) is 0 Å². The number of hydrogen-bond donors (Lipinski definition) is 1. The van der Waals surface area contributed by atoms with Crippen molar-refractivity contribution in [1.82, 2.24) is 5.32 Å². The highest BCUT2D eigenvalue weighted by Gasteiger charge is 2.16. The molecule has 0 aliphatic rings. The van der Waals surface area contributed by atoms with Crippen molar-refractivity contribution >= 4 is 27.5 Å². The van der Waals surface area contributed by atoms with Crippen LogP contribution in [0.3, 0.4) is 0 Å².